The van der Waals surface area contributed by atoms with Gasteiger partial charge in [0.1, 0.15) is 11.6 Å². The number of nitrogens with two attached hydrogens (primary N) is 1. The summed E-state index contributed by atoms with van der Waals surface area (Å²) in [5, 5.41) is 3.49. The van der Waals surface area contributed by atoms with Crippen molar-refractivity contribution in [3.8, 4) is 11.1 Å². The molecule has 0 amide bonds. The van der Waals surface area contributed by atoms with Crippen LogP contribution in [-0.2, 0) is 0 Å². The van der Waals surface area contributed by atoms with Crippen molar-refractivity contribution in [2.75, 3.05) is 5.32 Å². The Morgan fingerprint density at radius 1 is 0.909 bits per heavy atom. The van der Waals surface area contributed by atoms with E-state index in [1.54, 1.807) is 0 Å². The van der Waals surface area contributed by atoms with Crippen molar-refractivity contribution in [1.82, 2.24) is 0 Å². The zero-order valence-corrected chi connectivity index (χ0v) is 12.4. The average Bonchev–Trinajstić information content (AvgIpc) is 2.51. The fraction of sp³-hybridized carbons (Fsp3) is 0.333. The van der Waals surface area contributed by atoms with Gasteiger partial charge in [0.2, 0.25) is 0 Å². The first-order valence-electron chi connectivity index (χ1n) is 7.69. The maximum Gasteiger partial charge on any atom is 0.133 e. The smallest absolute Gasteiger partial charge is 0.133 e. The minimum absolute atomic E-state index is 0.335. The second-order valence-electron chi connectivity index (χ2n) is 5.96. The first-order chi connectivity index (χ1) is 10.6. The van der Waals surface area contributed by atoms with Crippen molar-refractivity contribution >= 4 is 5.69 Å². The summed E-state index contributed by atoms with van der Waals surface area (Å²) in [6.45, 7) is 0. The van der Waals surface area contributed by atoms with E-state index in [9.17, 15) is 8.78 Å². The second-order valence-corrected chi connectivity index (χ2v) is 5.96. The molecule has 1 fully saturated rings. The zero-order chi connectivity index (χ0) is 15.5. The quantitative estimate of drug-likeness (QED) is 0.886. The van der Waals surface area contributed by atoms with Gasteiger partial charge in [-0.15, -0.1) is 0 Å². The monoisotopic (exact) mass is 302 g/mol. The van der Waals surface area contributed by atoms with E-state index in [1.165, 1.54) is 12.1 Å². The fourth-order valence-corrected chi connectivity index (χ4v) is 2.97. The van der Waals surface area contributed by atoms with Crippen molar-refractivity contribution in [2.24, 2.45) is 5.73 Å². The van der Waals surface area contributed by atoms with Crippen LogP contribution in [0.25, 0.3) is 11.1 Å². The van der Waals surface area contributed by atoms with Crippen LogP contribution >= 0.6 is 0 Å². The number of nitrogens with one attached hydrogen (secondary N) is 1. The summed E-state index contributed by atoms with van der Waals surface area (Å²) in [7, 11) is 0. The predicted molar refractivity (Wildman–Crippen MR) is 85.6 cm³/mol. The molecule has 0 atom stereocenters. The van der Waals surface area contributed by atoms with E-state index in [4.69, 9.17) is 5.73 Å². The Hall–Kier alpha value is -1.94. The number of hydrogen-bond acceptors (Lipinski definition) is 2. The van der Waals surface area contributed by atoms with Crippen LogP contribution in [0.2, 0.25) is 0 Å². The lowest BCUT2D eigenvalue weighted by Crippen LogP contribution is -2.32. The lowest BCUT2D eigenvalue weighted by molar-refractivity contribution is 0.411. The molecule has 0 aliphatic heterocycles. The van der Waals surface area contributed by atoms with E-state index < -0.39 is 11.6 Å². The van der Waals surface area contributed by atoms with Gasteiger partial charge in [0, 0.05) is 29.4 Å². The largest absolute Gasteiger partial charge is 0.382 e. The molecule has 3 rings (SSSR count). The topological polar surface area (TPSA) is 38.0 Å². The molecule has 0 spiro atoms. The van der Waals surface area contributed by atoms with Gasteiger partial charge in [-0.05, 0) is 55.5 Å². The van der Waals surface area contributed by atoms with Gasteiger partial charge in [0.25, 0.3) is 0 Å². The van der Waals surface area contributed by atoms with E-state index in [2.05, 4.69) is 5.32 Å². The van der Waals surface area contributed by atoms with Crippen LogP contribution < -0.4 is 11.1 Å². The van der Waals surface area contributed by atoms with Gasteiger partial charge in [-0.3, -0.25) is 0 Å². The summed E-state index contributed by atoms with van der Waals surface area (Å²) in [4.78, 5) is 0. The molecule has 1 aliphatic rings. The van der Waals surface area contributed by atoms with E-state index in [0.29, 0.717) is 17.6 Å². The van der Waals surface area contributed by atoms with Crippen molar-refractivity contribution < 1.29 is 8.78 Å². The Kier molecular flexibility index (Phi) is 4.39. The molecule has 0 aromatic heterocycles. The molecule has 2 aromatic rings. The molecule has 1 saturated carbocycles. The van der Waals surface area contributed by atoms with Crippen LogP contribution in [-0.4, -0.2) is 12.1 Å². The van der Waals surface area contributed by atoms with Gasteiger partial charge >= 0.3 is 0 Å². The van der Waals surface area contributed by atoms with Gasteiger partial charge < -0.3 is 11.1 Å². The third-order valence-corrected chi connectivity index (χ3v) is 4.27. The SMILES string of the molecule is NC1CCC(Nc2ccc(-c3ccc(F)cc3F)cc2)CC1. The number of rotatable bonds is 3. The molecule has 0 heterocycles. The molecule has 1 aliphatic carbocycles. The van der Waals surface area contributed by atoms with E-state index in [1.807, 2.05) is 24.3 Å². The van der Waals surface area contributed by atoms with Crippen LogP contribution in [0.1, 0.15) is 25.7 Å². The third-order valence-electron chi connectivity index (χ3n) is 4.27. The summed E-state index contributed by atoms with van der Waals surface area (Å²) in [5.74, 6) is -1.10. The van der Waals surface area contributed by atoms with Crippen LogP contribution in [0.4, 0.5) is 14.5 Å². The molecule has 4 heteroatoms. The standard InChI is InChI=1S/C18H20F2N2/c19-13-3-10-17(18(20)11-13)12-1-6-15(7-2-12)22-16-8-4-14(21)5-9-16/h1-3,6-7,10-11,14,16,22H,4-5,8-9,21H2. The van der Waals surface area contributed by atoms with Crippen LogP contribution in [0, 0.1) is 11.6 Å². The average molecular weight is 302 g/mol. The van der Waals surface area contributed by atoms with Crippen LogP contribution in [0.5, 0.6) is 0 Å². The Balaban J connectivity index is 1.70. The number of benzene rings is 2. The minimum atomic E-state index is -0.560. The molecule has 0 bridgehead atoms. The summed E-state index contributed by atoms with van der Waals surface area (Å²) in [6.07, 6.45) is 4.26. The van der Waals surface area contributed by atoms with Gasteiger partial charge in [-0.25, -0.2) is 8.78 Å². The highest BCUT2D eigenvalue weighted by Crippen LogP contribution is 2.26. The predicted octanol–water partition coefficient (Wildman–Crippen LogP) is 4.31. The van der Waals surface area contributed by atoms with Crippen molar-refractivity contribution in [3.05, 3.63) is 54.1 Å². The Morgan fingerprint density at radius 2 is 1.59 bits per heavy atom. The van der Waals surface area contributed by atoms with Crippen molar-refractivity contribution in [3.63, 3.8) is 0 Å². The van der Waals surface area contributed by atoms with Crippen LogP contribution in [0.3, 0.4) is 0 Å². The molecule has 22 heavy (non-hydrogen) atoms. The van der Waals surface area contributed by atoms with Crippen molar-refractivity contribution in [2.45, 2.75) is 37.8 Å². The Morgan fingerprint density at radius 3 is 2.23 bits per heavy atom. The summed E-state index contributed by atoms with van der Waals surface area (Å²) < 4.78 is 26.7. The molecule has 116 valence electrons. The number of hydrogen-bond donors (Lipinski definition) is 2. The third kappa shape index (κ3) is 3.45. The maximum atomic E-state index is 13.8. The van der Waals surface area contributed by atoms with Crippen LogP contribution in [0.15, 0.2) is 42.5 Å². The molecule has 2 nitrogen and oxygen atoms in total. The highest BCUT2D eigenvalue weighted by Gasteiger charge is 2.18. The maximum absolute atomic E-state index is 13.8. The van der Waals surface area contributed by atoms with E-state index >= 15 is 0 Å². The molecule has 3 N–H and O–H groups in total. The first-order valence-corrected chi connectivity index (χ1v) is 7.69. The normalized spacial score (nSPS) is 21.6. The van der Waals surface area contributed by atoms with E-state index in [-0.39, 0.29) is 0 Å². The molecule has 0 saturated heterocycles. The van der Waals surface area contributed by atoms with Crippen molar-refractivity contribution in [1.29, 1.82) is 0 Å². The molecule has 2 aromatic carbocycles. The summed E-state index contributed by atoms with van der Waals surface area (Å²) in [5.41, 5.74) is 8.09. The zero-order valence-electron chi connectivity index (χ0n) is 12.4. The second kappa shape index (κ2) is 6.44. The summed E-state index contributed by atoms with van der Waals surface area (Å²) in [6, 6.07) is 12.0. The van der Waals surface area contributed by atoms with E-state index in [0.717, 1.165) is 43.0 Å². The lowest BCUT2D eigenvalue weighted by atomic mass is 9.91. The van der Waals surface area contributed by atoms with Gasteiger partial charge in [0.15, 0.2) is 0 Å². The van der Waals surface area contributed by atoms with Gasteiger partial charge in [-0.2, -0.15) is 0 Å². The number of anilines is 1. The number of halogens is 2. The Labute approximate surface area is 129 Å². The first kappa shape index (κ1) is 15.0. The van der Waals surface area contributed by atoms with Gasteiger partial charge in [-0.1, -0.05) is 12.1 Å². The molecular weight excluding hydrogens is 282 g/mol. The summed E-state index contributed by atoms with van der Waals surface area (Å²) >= 11 is 0. The molecular formula is C18H20F2N2. The highest BCUT2D eigenvalue weighted by molar-refractivity contribution is 5.66. The van der Waals surface area contributed by atoms with Gasteiger partial charge in [0.05, 0.1) is 0 Å². The molecule has 0 unspecified atom stereocenters. The fourth-order valence-electron chi connectivity index (χ4n) is 2.97. The molecule has 0 radical (unpaired) electrons. The Bertz CT molecular complexity index is 632. The highest BCUT2D eigenvalue weighted by atomic mass is 19.1. The minimum Gasteiger partial charge on any atom is -0.382 e. The lowest BCUT2D eigenvalue weighted by Gasteiger charge is -2.27.